The van der Waals surface area contributed by atoms with Crippen LogP contribution in [0.2, 0.25) is 0 Å². The van der Waals surface area contributed by atoms with E-state index >= 15 is 0 Å². The minimum Gasteiger partial charge on any atom is -0.334 e. The summed E-state index contributed by atoms with van der Waals surface area (Å²) >= 11 is 0. The maximum absolute atomic E-state index is 12.6. The first-order valence-corrected chi connectivity index (χ1v) is 8.67. The van der Waals surface area contributed by atoms with Crippen LogP contribution in [0.5, 0.6) is 0 Å². The quantitative estimate of drug-likeness (QED) is 0.878. The number of nitrogens with two attached hydrogens (primary N) is 1. The van der Waals surface area contributed by atoms with Crippen molar-refractivity contribution in [2.24, 2.45) is 11.7 Å². The number of rotatable bonds is 5. The van der Waals surface area contributed by atoms with E-state index in [0.717, 1.165) is 31.6 Å². The molecule has 1 saturated heterocycles. The monoisotopic (exact) mass is 300 g/mol. The molecule has 0 aliphatic carbocycles. The average molecular weight is 300 g/mol. The zero-order valence-electron chi connectivity index (χ0n) is 12.2. The third kappa shape index (κ3) is 3.05. The van der Waals surface area contributed by atoms with Gasteiger partial charge < -0.3 is 10.3 Å². The van der Waals surface area contributed by atoms with Crippen molar-refractivity contribution in [3.05, 3.63) is 12.0 Å². The lowest BCUT2D eigenvalue weighted by Gasteiger charge is -2.31. The van der Waals surface area contributed by atoms with Gasteiger partial charge in [-0.1, -0.05) is 0 Å². The lowest BCUT2D eigenvalue weighted by atomic mass is 9.96. The molecule has 1 fully saturated rings. The van der Waals surface area contributed by atoms with Crippen molar-refractivity contribution in [1.29, 1.82) is 0 Å². The molecule has 0 saturated carbocycles. The highest BCUT2D eigenvalue weighted by Crippen LogP contribution is 2.24. The number of hydrogen-bond acceptors (Lipinski definition) is 4. The lowest BCUT2D eigenvalue weighted by molar-refractivity contribution is 0.257. The van der Waals surface area contributed by atoms with E-state index in [1.165, 1.54) is 0 Å². The Morgan fingerprint density at radius 1 is 1.50 bits per heavy atom. The van der Waals surface area contributed by atoms with Crippen LogP contribution >= 0.6 is 0 Å². The highest BCUT2D eigenvalue weighted by molar-refractivity contribution is 7.89. The topological polar surface area (TPSA) is 81.2 Å². The maximum Gasteiger partial charge on any atom is 0.262 e. The minimum atomic E-state index is -3.46. The number of nitrogens with zero attached hydrogens (tertiary/aromatic N) is 3. The molecular formula is C13H24N4O2S. The Morgan fingerprint density at radius 3 is 2.85 bits per heavy atom. The standard InChI is InChI=1S/C13H24N4O2S/c1-3-16-10-13(15-11(16)2)20(18,19)17-8-4-5-12(9-17)6-7-14/h10,12H,3-9,14H2,1-2H3. The summed E-state index contributed by atoms with van der Waals surface area (Å²) in [5.74, 6) is 1.11. The van der Waals surface area contributed by atoms with Gasteiger partial charge in [0, 0.05) is 25.8 Å². The molecule has 20 heavy (non-hydrogen) atoms. The Hall–Kier alpha value is -0.920. The molecule has 0 amide bonds. The van der Waals surface area contributed by atoms with Crippen LogP contribution in [0.3, 0.4) is 0 Å². The van der Waals surface area contributed by atoms with E-state index < -0.39 is 10.0 Å². The van der Waals surface area contributed by atoms with Crippen molar-refractivity contribution in [2.75, 3.05) is 19.6 Å². The molecule has 1 atom stereocenters. The van der Waals surface area contributed by atoms with Gasteiger partial charge in [0.2, 0.25) is 0 Å². The molecule has 2 rings (SSSR count). The number of aromatic nitrogens is 2. The molecule has 1 aliphatic rings. The van der Waals surface area contributed by atoms with E-state index in [4.69, 9.17) is 5.73 Å². The Labute approximate surface area is 121 Å². The molecule has 2 N–H and O–H groups in total. The van der Waals surface area contributed by atoms with Gasteiger partial charge in [-0.2, -0.15) is 4.31 Å². The van der Waals surface area contributed by atoms with Gasteiger partial charge in [0.05, 0.1) is 0 Å². The van der Waals surface area contributed by atoms with E-state index in [-0.39, 0.29) is 5.03 Å². The number of sulfonamides is 1. The van der Waals surface area contributed by atoms with Crippen LogP contribution in [0.1, 0.15) is 32.0 Å². The van der Waals surface area contributed by atoms with E-state index in [0.29, 0.717) is 25.6 Å². The van der Waals surface area contributed by atoms with Gasteiger partial charge in [-0.15, -0.1) is 0 Å². The molecule has 1 aromatic rings. The van der Waals surface area contributed by atoms with E-state index in [2.05, 4.69) is 4.98 Å². The van der Waals surface area contributed by atoms with Gasteiger partial charge in [-0.05, 0) is 45.6 Å². The van der Waals surface area contributed by atoms with Crippen LogP contribution in [0.4, 0.5) is 0 Å². The summed E-state index contributed by atoms with van der Waals surface area (Å²) in [5, 5.41) is 0.172. The fourth-order valence-electron chi connectivity index (χ4n) is 2.77. The van der Waals surface area contributed by atoms with Gasteiger partial charge in [0.25, 0.3) is 10.0 Å². The molecule has 2 heterocycles. The Bertz CT molecular complexity index is 551. The number of hydrogen-bond donors (Lipinski definition) is 1. The zero-order valence-corrected chi connectivity index (χ0v) is 13.1. The molecule has 0 spiro atoms. The molecule has 0 bridgehead atoms. The molecule has 1 aromatic heterocycles. The van der Waals surface area contributed by atoms with Crippen molar-refractivity contribution in [3.8, 4) is 0 Å². The first kappa shape index (κ1) is 15.5. The Kier molecular flexibility index (Phi) is 4.82. The Morgan fingerprint density at radius 2 is 2.25 bits per heavy atom. The summed E-state index contributed by atoms with van der Waals surface area (Å²) in [4.78, 5) is 4.21. The molecule has 7 heteroatoms. The van der Waals surface area contributed by atoms with Crippen LogP contribution in [0.15, 0.2) is 11.2 Å². The molecule has 0 aromatic carbocycles. The van der Waals surface area contributed by atoms with Crippen molar-refractivity contribution >= 4 is 10.0 Å². The van der Waals surface area contributed by atoms with Crippen LogP contribution in [-0.4, -0.2) is 41.9 Å². The molecule has 1 unspecified atom stereocenters. The normalized spacial score (nSPS) is 21.2. The van der Waals surface area contributed by atoms with Crippen LogP contribution in [0, 0.1) is 12.8 Å². The van der Waals surface area contributed by atoms with Crippen LogP contribution in [-0.2, 0) is 16.6 Å². The largest absolute Gasteiger partial charge is 0.334 e. The second kappa shape index (κ2) is 6.24. The smallest absolute Gasteiger partial charge is 0.262 e. The third-order valence-electron chi connectivity index (χ3n) is 3.96. The van der Waals surface area contributed by atoms with Gasteiger partial charge >= 0.3 is 0 Å². The summed E-state index contributed by atoms with van der Waals surface area (Å²) in [6, 6.07) is 0. The highest BCUT2D eigenvalue weighted by Gasteiger charge is 2.31. The molecule has 114 valence electrons. The summed E-state index contributed by atoms with van der Waals surface area (Å²) < 4.78 is 28.7. The summed E-state index contributed by atoms with van der Waals surface area (Å²) in [7, 11) is -3.46. The second-order valence-corrected chi connectivity index (χ2v) is 7.25. The fourth-order valence-corrected chi connectivity index (χ4v) is 4.32. The number of aryl methyl sites for hydroxylation is 2. The van der Waals surface area contributed by atoms with E-state index in [9.17, 15) is 8.42 Å². The maximum atomic E-state index is 12.6. The Balaban J connectivity index is 2.20. The van der Waals surface area contributed by atoms with Crippen molar-refractivity contribution in [1.82, 2.24) is 13.9 Å². The summed E-state index contributed by atoms with van der Waals surface area (Å²) in [6.45, 7) is 6.30. The van der Waals surface area contributed by atoms with Gasteiger partial charge in [0.1, 0.15) is 5.82 Å². The summed E-state index contributed by atoms with van der Waals surface area (Å²) in [6.07, 6.45) is 4.48. The fraction of sp³-hybridized carbons (Fsp3) is 0.769. The van der Waals surface area contributed by atoms with Crippen molar-refractivity contribution < 1.29 is 8.42 Å². The first-order chi connectivity index (χ1) is 9.48. The number of piperidine rings is 1. The summed E-state index contributed by atoms with van der Waals surface area (Å²) in [5.41, 5.74) is 5.58. The van der Waals surface area contributed by atoms with Crippen molar-refractivity contribution in [2.45, 2.75) is 44.7 Å². The van der Waals surface area contributed by atoms with Gasteiger partial charge in [-0.3, -0.25) is 0 Å². The number of imidazole rings is 1. The van der Waals surface area contributed by atoms with Crippen LogP contribution in [0.25, 0.3) is 0 Å². The third-order valence-corrected chi connectivity index (χ3v) is 5.69. The predicted octanol–water partition coefficient (Wildman–Crippen LogP) is 0.961. The minimum absolute atomic E-state index is 0.172. The molecule has 6 nitrogen and oxygen atoms in total. The predicted molar refractivity (Wildman–Crippen MR) is 77.8 cm³/mol. The second-order valence-electron chi connectivity index (χ2n) is 5.36. The van der Waals surface area contributed by atoms with Gasteiger partial charge in [0.15, 0.2) is 5.03 Å². The SMILES string of the molecule is CCn1cc(S(=O)(=O)N2CCCC(CCN)C2)nc1C. The van der Waals surface area contributed by atoms with E-state index in [1.54, 1.807) is 10.5 Å². The highest BCUT2D eigenvalue weighted by atomic mass is 32.2. The van der Waals surface area contributed by atoms with E-state index in [1.807, 2.05) is 18.4 Å². The average Bonchev–Trinajstić information content (AvgIpc) is 2.81. The molecule has 0 radical (unpaired) electrons. The van der Waals surface area contributed by atoms with Crippen molar-refractivity contribution in [3.63, 3.8) is 0 Å². The molecular weight excluding hydrogens is 276 g/mol. The first-order valence-electron chi connectivity index (χ1n) is 7.23. The zero-order chi connectivity index (χ0) is 14.8. The molecule has 1 aliphatic heterocycles. The van der Waals surface area contributed by atoms with Gasteiger partial charge in [-0.25, -0.2) is 13.4 Å². The van der Waals surface area contributed by atoms with Crippen LogP contribution < -0.4 is 5.73 Å². The lowest BCUT2D eigenvalue weighted by Crippen LogP contribution is -2.40.